The molecule has 1 saturated carbocycles. The molecule has 1 aromatic rings. The van der Waals surface area contributed by atoms with Crippen molar-refractivity contribution in [3.05, 3.63) is 18.0 Å². The van der Waals surface area contributed by atoms with Gasteiger partial charge in [-0.1, -0.05) is 13.8 Å². The average molecular weight is 221 g/mol. The molecule has 0 saturated heterocycles. The van der Waals surface area contributed by atoms with E-state index < -0.39 is 0 Å². The van der Waals surface area contributed by atoms with Gasteiger partial charge in [-0.15, -0.1) is 0 Å². The fraction of sp³-hybridized carbons (Fsp3) is 0.769. The first-order chi connectivity index (χ1) is 7.68. The molecular formula is C13H23N3. The van der Waals surface area contributed by atoms with Crippen molar-refractivity contribution >= 4 is 0 Å². The Morgan fingerprint density at radius 1 is 1.50 bits per heavy atom. The van der Waals surface area contributed by atoms with Gasteiger partial charge in [-0.3, -0.25) is 4.68 Å². The molecule has 0 aromatic carbocycles. The zero-order valence-corrected chi connectivity index (χ0v) is 10.6. The fourth-order valence-corrected chi connectivity index (χ4v) is 2.42. The summed E-state index contributed by atoms with van der Waals surface area (Å²) in [5.41, 5.74) is 1.31. The minimum atomic E-state index is 0.716. The summed E-state index contributed by atoms with van der Waals surface area (Å²) in [7, 11) is 2.01. The van der Waals surface area contributed by atoms with Crippen LogP contribution in [0.25, 0.3) is 0 Å². The number of nitrogens with one attached hydrogen (secondary N) is 1. The quantitative estimate of drug-likeness (QED) is 0.796. The van der Waals surface area contributed by atoms with Gasteiger partial charge in [-0.2, -0.15) is 5.10 Å². The molecular weight excluding hydrogens is 198 g/mol. The molecule has 1 aromatic heterocycles. The van der Waals surface area contributed by atoms with E-state index in [4.69, 9.17) is 0 Å². The molecule has 3 heteroatoms. The van der Waals surface area contributed by atoms with Gasteiger partial charge >= 0.3 is 0 Å². The second-order valence-electron chi connectivity index (χ2n) is 5.26. The van der Waals surface area contributed by atoms with Gasteiger partial charge in [0.05, 0.1) is 0 Å². The first-order valence-electron chi connectivity index (χ1n) is 6.38. The number of hydrogen-bond acceptors (Lipinski definition) is 2. The smallest absolute Gasteiger partial charge is 0.0492 e. The lowest BCUT2D eigenvalue weighted by atomic mass is 9.99. The average Bonchev–Trinajstić information content (AvgIpc) is 2.98. The van der Waals surface area contributed by atoms with Crippen LogP contribution in [0.15, 0.2) is 12.3 Å². The van der Waals surface area contributed by atoms with Gasteiger partial charge < -0.3 is 5.32 Å². The first kappa shape index (κ1) is 11.6. The van der Waals surface area contributed by atoms with E-state index in [1.54, 1.807) is 0 Å². The van der Waals surface area contributed by atoms with E-state index >= 15 is 0 Å². The zero-order valence-electron chi connectivity index (χ0n) is 10.6. The highest BCUT2D eigenvalue weighted by molar-refractivity contribution is 5.00. The number of rotatable bonds is 6. The van der Waals surface area contributed by atoms with Crippen molar-refractivity contribution in [3.8, 4) is 0 Å². The Hall–Kier alpha value is -0.830. The summed E-state index contributed by atoms with van der Waals surface area (Å²) in [6.45, 7) is 5.71. The van der Waals surface area contributed by atoms with Crippen LogP contribution in [0, 0.1) is 11.8 Å². The van der Waals surface area contributed by atoms with Gasteiger partial charge in [0.15, 0.2) is 0 Å². The molecule has 1 N–H and O–H groups in total. The molecule has 90 valence electrons. The Bertz CT molecular complexity index is 324. The Labute approximate surface area is 98.2 Å². The SMILES string of the molecule is CC(C)C(NCCc1ccnn1C)C1CC1. The maximum atomic E-state index is 4.19. The number of aromatic nitrogens is 2. The lowest BCUT2D eigenvalue weighted by Gasteiger charge is -2.22. The molecule has 1 aliphatic rings. The molecule has 1 atom stereocenters. The monoisotopic (exact) mass is 221 g/mol. The lowest BCUT2D eigenvalue weighted by molar-refractivity contribution is 0.362. The van der Waals surface area contributed by atoms with Gasteiger partial charge in [0.1, 0.15) is 0 Å². The third kappa shape index (κ3) is 2.85. The molecule has 3 nitrogen and oxygen atoms in total. The van der Waals surface area contributed by atoms with Gasteiger partial charge in [0, 0.05) is 37.9 Å². The van der Waals surface area contributed by atoms with Crippen LogP contribution in [0.5, 0.6) is 0 Å². The number of aryl methyl sites for hydroxylation is 1. The summed E-state index contributed by atoms with van der Waals surface area (Å²) in [6.07, 6.45) is 5.78. The minimum Gasteiger partial charge on any atom is -0.313 e. The minimum absolute atomic E-state index is 0.716. The summed E-state index contributed by atoms with van der Waals surface area (Å²) in [6, 6.07) is 2.82. The molecule has 0 radical (unpaired) electrons. The molecule has 2 rings (SSSR count). The lowest BCUT2D eigenvalue weighted by Crippen LogP contribution is -2.37. The second-order valence-corrected chi connectivity index (χ2v) is 5.26. The van der Waals surface area contributed by atoms with Crippen LogP contribution in [-0.4, -0.2) is 22.4 Å². The van der Waals surface area contributed by atoms with E-state index in [9.17, 15) is 0 Å². The van der Waals surface area contributed by atoms with Crippen molar-refractivity contribution in [2.24, 2.45) is 18.9 Å². The largest absolute Gasteiger partial charge is 0.313 e. The zero-order chi connectivity index (χ0) is 11.5. The molecule has 0 amide bonds. The van der Waals surface area contributed by atoms with Crippen LogP contribution in [-0.2, 0) is 13.5 Å². The third-order valence-corrected chi connectivity index (χ3v) is 3.53. The van der Waals surface area contributed by atoms with Crippen LogP contribution < -0.4 is 5.32 Å². The Kier molecular flexibility index (Phi) is 3.64. The van der Waals surface area contributed by atoms with Gasteiger partial charge in [-0.25, -0.2) is 0 Å². The predicted molar refractivity (Wildman–Crippen MR) is 66.3 cm³/mol. The van der Waals surface area contributed by atoms with Crippen molar-refractivity contribution in [3.63, 3.8) is 0 Å². The number of nitrogens with zero attached hydrogens (tertiary/aromatic N) is 2. The van der Waals surface area contributed by atoms with Gasteiger partial charge in [0.25, 0.3) is 0 Å². The van der Waals surface area contributed by atoms with Crippen LogP contribution in [0.3, 0.4) is 0 Å². The van der Waals surface area contributed by atoms with E-state index in [1.165, 1.54) is 18.5 Å². The Morgan fingerprint density at radius 2 is 2.25 bits per heavy atom. The van der Waals surface area contributed by atoms with Crippen LogP contribution in [0.4, 0.5) is 0 Å². The van der Waals surface area contributed by atoms with Gasteiger partial charge in [-0.05, 0) is 30.7 Å². The number of hydrogen-bond donors (Lipinski definition) is 1. The van der Waals surface area contributed by atoms with Crippen molar-refractivity contribution in [1.29, 1.82) is 0 Å². The normalized spacial score (nSPS) is 18.0. The molecule has 0 bridgehead atoms. The molecule has 0 aliphatic heterocycles. The molecule has 1 heterocycles. The predicted octanol–water partition coefficient (Wildman–Crippen LogP) is 1.99. The summed E-state index contributed by atoms with van der Waals surface area (Å²) >= 11 is 0. The van der Waals surface area contributed by atoms with E-state index in [-0.39, 0.29) is 0 Å². The van der Waals surface area contributed by atoms with Crippen molar-refractivity contribution in [2.75, 3.05) is 6.54 Å². The highest BCUT2D eigenvalue weighted by Gasteiger charge is 2.32. The third-order valence-electron chi connectivity index (χ3n) is 3.53. The first-order valence-corrected chi connectivity index (χ1v) is 6.38. The molecule has 1 unspecified atom stereocenters. The summed E-state index contributed by atoms with van der Waals surface area (Å²) in [5.74, 6) is 1.69. The summed E-state index contributed by atoms with van der Waals surface area (Å²) in [5, 5.41) is 7.89. The highest BCUT2D eigenvalue weighted by Crippen LogP contribution is 2.35. The van der Waals surface area contributed by atoms with Crippen molar-refractivity contribution in [2.45, 2.75) is 39.2 Å². The van der Waals surface area contributed by atoms with Crippen LogP contribution >= 0.6 is 0 Å². The van der Waals surface area contributed by atoms with Crippen LogP contribution in [0.1, 0.15) is 32.4 Å². The maximum absolute atomic E-state index is 4.19. The standard InChI is InChI=1S/C13H23N3/c1-10(2)13(11-4-5-11)14-8-6-12-7-9-15-16(12)3/h7,9-11,13-14H,4-6,8H2,1-3H3. The van der Waals surface area contributed by atoms with E-state index in [2.05, 4.69) is 30.3 Å². The Morgan fingerprint density at radius 3 is 2.75 bits per heavy atom. The molecule has 1 fully saturated rings. The van der Waals surface area contributed by atoms with Crippen molar-refractivity contribution in [1.82, 2.24) is 15.1 Å². The van der Waals surface area contributed by atoms with Crippen LogP contribution in [0.2, 0.25) is 0 Å². The maximum Gasteiger partial charge on any atom is 0.0492 e. The van der Waals surface area contributed by atoms with Crippen molar-refractivity contribution < 1.29 is 0 Å². The van der Waals surface area contributed by atoms with E-state index in [0.717, 1.165) is 24.8 Å². The summed E-state index contributed by atoms with van der Waals surface area (Å²) < 4.78 is 1.96. The molecule has 0 spiro atoms. The molecule has 16 heavy (non-hydrogen) atoms. The molecule has 1 aliphatic carbocycles. The van der Waals surface area contributed by atoms with E-state index in [0.29, 0.717) is 6.04 Å². The Balaban J connectivity index is 1.76. The fourth-order valence-electron chi connectivity index (χ4n) is 2.42. The summed E-state index contributed by atoms with van der Waals surface area (Å²) in [4.78, 5) is 0. The second kappa shape index (κ2) is 5.00. The van der Waals surface area contributed by atoms with Gasteiger partial charge in [0.2, 0.25) is 0 Å². The topological polar surface area (TPSA) is 29.9 Å². The highest BCUT2D eigenvalue weighted by atomic mass is 15.3. The van der Waals surface area contributed by atoms with E-state index in [1.807, 2.05) is 17.9 Å².